The van der Waals surface area contributed by atoms with Crippen molar-refractivity contribution >= 4 is 36.6 Å². The molecule has 4 N–H and O–H groups in total. The summed E-state index contributed by atoms with van der Waals surface area (Å²) in [6.45, 7) is -0.0842. The summed E-state index contributed by atoms with van der Waals surface area (Å²) >= 11 is 4.43. The van der Waals surface area contributed by atoms with Crippen LogP contribution in [0, 0.1) is 0 Å². The lowest BCUT2D eigenvalue weighted by molar-refractivity contribution is -0.0364. The van der Waals surface area contributed by atoms with Gasteiger partial charge >= 0.3 is 7.23 Å². The van der Waals surface area contributed by atoms with Crippen LogP contribution in [0.25, 0.3) is 11.2 Å². The molecule has 22 heavy (non-hydrogen) atoms. The lowest BCUT2D eigenvalue weighted by Crippen LogP contribution is -2.25. The number of hydrogen-bond acceptors (Lipinski definition) is 9. The van der Waals surface area contributed by atoms with Crippen molar-refractivity contribution in [1.29, 1.82) is 0 Å². The fourth-order valence-electron chi connectivity index (χ4n) is 2.32. The van der Waals surface area contributed by atoms with Crippen molar-refractivity contribution in [2.45, 2.75) is 24.9 Å². The van der Waals surface area contributed by atoms with Gasteiger partial charge in [0.2, 0.25) is 5.95 Å². The van der Waals surface area contributed by atoms with Crippen molar-refractivity contribution < 1.29 is 18.9 Å². The number of aliphatic hydroxyl groups is 1. The topological polar surface area (TPSA) is 145 Å². The second kappa shape index (κ2) is 5.94. The SMILES string of the molecule is Nc1nc2c(ncn2[C@H]2C[C@H](O)[C@@H](CO[P+](=O)[S-])O2)c(=O)[nH]1. The van der Waals surface area contributed by atoms with E-state index >= 15 is 0 Å². The number of nitrogen functional groups attached to an aromatic ring is 1. The molecule has 0 amide bonds. The molecular weight excluding hydrogens is 333 g/mol. The Labute approximate surface area is 129 Å². The van der Waals surface area contributed by atoms with Gasteiger partial charge in [0.25, 0.3) is 5.56 Å². The molecule has 0 bridgehead atoms. The summed E-state index contributed by atoms with van der Waals surface area (Å²) in [5.74, 6) is -0.0409. The van der Waals surface area contributed by atoms with Gasteiger partial charge in [-0.05, 0) is 0 Å². The Bertz CT molecular complexity index is 779. The molecule has 2 aromatic rings. The second-order valence-electron chi connectivity index (χ2n) is 4.73. The molecule has 118 valence electrons. The zero-order chi connectivity index (χ0) is 15.9. The van der Waals surface area contributed by atoms with Gasteiger partial charge in [0.15, 0.2) is 11.2 Å². The summed E-state index contributed by atoms with van der Waals surface area (Å²) < 4.78 is 22.8. The molecule has 0 saturated carbocycles. The van der Waals surface area contributed by atoms with E-state index in [0.717, 1.165) is 0 Å². The first-order chi connectivity index (χ1) is 10.5. The molecule has 0 radical (unpaired) electrons. The predicted molar refractivity (Wildman–Crippen MR) is 78.0 cm³/mol. The Balaban J connectivity index is 1.86. The van der Waals surface area contributed by atoms with E-state index in [1.165, 1.54) is 10.9 Å². The number of anilines is 1. The summed E-state index contributed by atoms with van der Waals surface area (Å²) in [7, 11) is -2.18. The molecule has 3 heterocycles. The van der Waals surface area contributed by atoms with E-state index in [1.807, 2.05) is 0 Å². The number of ether oxygens (including phenoxy) is 1. The number of nitrogens with one attached hydrogen (secondary N) is 1. The van der Waals surface area contributed by atoms with E-state index in [1.54, 1.807) is 0 Å². The van der Waals surface area contributed by atoms with Crippen molar-refractivity contribution in [3.8, 4) is 0 Å². The van der Waals surface area contributed by atoms with Crippen LogP contribution >= 0.6 is 7.23 Å². The largest absolute Gasteiger partial charge is 0.408 e. The Kier molecular flexibility index (Phi) is 4.15. The molecule has 0 aromatic carbocycles. The number of fused-ring (bicyclic) bond motifs is 1. The second-order valence-corrected chi connectivity index (χ2v) is 6.33. The molecule has 0 spiro atoms. The quantitative estimate of drug-likeness (QED) is 0.496. The first kappa shape index (κ1) is 15.4. The highest BCUT2D eigenvalue weighted by atomic mass is 32.7. The van der Waals surface area contributed by atoms with Crippen LogP contribution in [0.2, 0.25) is 0 Å². The van der Waals surface area contributed by atoms with Crippen molar-refractivity contribution in [2.24, 2.45) is 0 Å². The van der Waals surface area contributed by atoms with E-state index < -0.39 is 31.2 Å². The van der Waals surface area contributed by atoms with Gasteiger partial charge in [-0.2, -0.15) is 9.51 Å². The number of aromatic amines is 1. The number of hydrogen-bond donors (Lipinski definition) is 3. The normalized spacial score (nSPS) is 25.7. The Morgan fingerprint density at radius 3 is 3.18 bits per heavy atom. The average molecular weight is 345 g/mol. The number of rotatable bonds is 4. The maximum Gasteiger partial charge on any atom is 0.372 e. The van der Waals surface area contributed by atoms with E-state index in [9.17, 15) is 14.5 Å². The van der Waals surface area contributed by atoms with Gasteiger partial charge in [0, 0.05) is 6.42 Å². The minimum Gasteiger partial charge on any atom is -0.408 e. The fraction of sp³-hybridized carbons (Fsp3) is 0.500. The van der Waals surface area contributed by atoms with Gasteiger partial charge in [0.1, 0.15) is 18.9 Å². The number of aliphatic hydroxyl groups excluding tert-OH is 1. The van der Waals surface area contributed by atoms with Gasteiger partial charge in [-0.3, -0.25) is 14.3 Å². The highest BCUT2D eigenvalue weighted by Gasteiger charge is 2.37. The maximum atomic E-state index is 11.7. The van der Waals surface area contributed by atoms with Gasteiger partial charge in [-0.1, -0.05) is 4.57 Å². The molecular formula is C10H12N5O5PS. The van der Waals surface area contributed by atoms with E-state index in [2.05, 4.69) is 27.2 Å². The molecule has 1 aliphatic rings. The monoisotopic (exact) mass is 345 g/mol. The van der Waals surface area contributed by atoms with E-state index in [0.29, 0.717) is 0 Å². The minimum absolute atomic E-state index is 0.0409. The third-order valence-electron chi connectivity index (χ3n) is 3.31. The standard InChI is InChI=1S/C10H12N5O5PS/c11-10-13-8-7(9(17)14-10)12-3-15(8)6-1-4(16)5(20-6)2-19-21(18)22/h3-6,16H,1-2H2,(H3,11,13,14,17)/t4-,5+,6+/m0/s1. The van der Waals surface area contributed by atoms with E-state index in [4.69, 9.17) is 15.0 Å². The number of imidazole rings is 1. The lowest BCUT2D eigenvalue weighted by atomic mass is 10.2. The first-order valence-electron chi connectivity index (χ1n) is 6.29. The van der Waals surface area contributed by atoms with Gasteiger partial charge < -0.3 is 27.8 Å². The Morgan fingerprint density at radius 1 is 1.68 bits per heavy atom. The fourth-order valence-corrected chi connectivity index (χ4v) is 2.78. The summed E-state index contributed by atoms with van der Waals surface area (Å²) in [5, 5.41) is 9.97. The van der Waals surface area contributed by atoms with Crippen LogP contribution in [-0.2, 0) is 26.1 Å². The summed E-state index contributed by atoms with van der Waals surface area (Å²) in [5.41, 5.74) is 5.45. The highest BCUT2D eigenvalue weighted by Crippen LogP contribution is 2.32. The third kappa shape index (κ3) is 2.85. The van der Waals surface area contributed by atoms with Crippen molar-refractivity contribution in [1.82, 2.24) is 19.5 Å². The van der Waals surface area contributed by atoms with Crippen LogP contribution in [0.4, 0.5) is 5.95 Å². The van der Waals surface area contributed by atoms with Crippen molar-refractivity contribution in [2.75, 3.05) is 12.3 Å². The highest BCUT2D eigenvalue weighted by molar-refractivity contribution is 8.25. The molecule has 1 aliphatic heterocycles. The Morgan fingerprint density at radius 2 is 2.45 bits per heavy atom. The van der Waals surface area contributed by atoms with Crippen LogP contribution < -0.4 is 11.3 Å². The van der Waals surface area contributed by atoms with E-state index in [-0.39, 0.29) is 30.1 Å². The molecule has 1 fully saturated rings. The molecule has 0 aliphatic carbocycles. The van der Waals surface area contributed by atoms with Crippen LogP contribution in [0.15, 0.2) is 11.1 Å². The van der Waals surface area contributed by atoms with Crippen LogP contribution in [-0.4, -0.2) is 43.4 Å². The summed E-state index contributed by atoms with van der Waals surface area (Å²) in [6.07, 6.45) is -0.469. The van der Waals surface area contributed by atoms with Crippen LogP contribution in [0.5, 0.6) is 0 Å². The summed E-state index contributed by atoms with van der Waals surface area (Å²) in [6, 6.07) is 0. The number of aromatic nitrogens is 4. The number of nitrogens with two attached hydrogens (primary N) is 1. The third-order valence-corrected chi connectivity index (χ3v) is 3.99. The molecule has 10 nitrogen and oxygen atoms in total. The molecule has 1 saturated heterocycles. The molecule has 12 heteroatoms. The zero-order valence-corrected chi connectivity index (χ0v) is 12.8. The van der Waals surface area contributed by atoms with Crippen LogP contribution in [0.3, 0.4) is 0 Å². The van der Waals surface area contributed by atoms with Crippen LogP contribution in [0.1, 0.15) is 12.6 Å². The number of H-pyrrole nitrogens is 1. The minimum atomic E-state index is -2.18. The van der Waals surface area contributed by atoms with Gasteiger partial charge in [-0.15, -0.1) is 0 Å². The molecule has 1 unspecified atom stereocenters. The predicted octanol–water partition coefficient (Wildman–Crippen LogP) is -0.429. The lowest BCUT2D eigenvalue weighted by Gasteiger charge is -2.13. The smallest absolute Gasteiger partial charge is 0.372 e. The molecule has 4 atom stereocenters. The zero-order valence-electron chi connectivity index (χ0n) is 11.1. The average Bonchev–Trinajstić information content (AvgIpc) is 3.00. The van der Waals surface area contributed by atoms with Gasteiger partial charge in [0.05, 0.1) is 12.4 Å². The Hall–Kier alpha value is -1.52. The first-order valence-corrected chi connectivity index (χ1v) is 8.48. The van der Waals surface area contributed by atoms with Crippen molar-refractivity contribution in [3.63, 3.8) is 0 Å². The molecule has 2 aromatic heterocycles. The maximum absolute atomic E-state index is 11.7. The summed E-state index contributed by atoms with van der Waals surface area (Å²) in [4.78, 5) is 22.1. The van der Waals surface area contributed by atoms with Crippen molar-refractivity contribution in [3.05, 3.63) is 16.7 Å². The molecule has 3 rings (SSSR count). The number of nitrogens with zero attached hydrogens (tertiary/aromatic N) is 3. The van der Waals surface area contributed by atoms with Gasteiger partial charge in [-0.25, -0.2) is 4.98 Å².